The number of rotatable bonds is 3. The van der Waals surface area contributed by atoms with Gasteiger partial charge in [-0.25, -0.2) is 0 Å². The number of hydrogen-bond donors (Lipinski definition) is 2. The number of benzene rings is 1. The van der Waals surface area contributed by atoms with Crippen LogP contribution in [-0.2, 0) is 9.59 Å². The number of nitrogens with one attached hydrogen (secondary N) is 1. The number of halogens is 2. The van der Waals surface area contributed by atoms with Crippen LogP contribution in [0.4, 0.5) is 5.69 Å². The molecule has 0 aromatic heterocycles. The molecule has 1 aromatic carbocycles. The Labute approximate surface area is 131 Å². The number of carboxylic acid groups (broad SMARTS) is 1. The lowest BCUT2D eigenvalue weighted by Crippen LogP contribution is -2.36. The lowest BCUT2D eigenvalue weighted by molar-refractivity contribution is -0.146. The van der Waals surface area contributed by atoms with Crippen LogP contribution in [0.25, 0.3) is 0 Å². The third kappa shape index (κ3) is 2.54. The van der Waals surface area contributed by atoms with Gasteiger partial charge in [-0.3, -0.25) is 9.59 Å². The van der Waals surface area contributed by atoms with E-state index in [1.807, 2.05) is 12.2 Å². The Morgan fingerprint density at radius 2 is 1.81 bits per heavy atom. The number of carbonyl (C=O) groups is 2. The molecule has 4 atom stereocenters. The van der Waals surface area contributed by atoms with Crippen molar-refractivity contribution in [3.05, 3.63) is 40.4 Å². The highest BCUT2D eigenvalue weighted by Crippen LogP contribution is 2.48. The van der Waals surface area contributed by atoms with Gasteiger partial charge >= 0.3 is 5.97 Å². The van der Waals surface area contributed by atoms with Crippen molar-refractivity contribution in [1.82, 2.24) is 0 Å². The maximum Gasteiger partial charge on any atom is 0.307 e. The maximum atomic E-state index is 12.5. The number of anilines is 1. The molecule has 4 nitrogen and oxygen atoms in total. The van der Waals surface area contributed by atoms with Crippen molar-refractivity contribution in [3.63, 3.8) is 0 Å². The van der Waals surface area contributed by atoms with E-state index >= 15 is 0 Å². The van der Waals surface area contributed by atoms with Crippen molar-refractivity contribution >= 4 is 40.8 Å². The summed E-state index contributed by atoms with van der Waals surface area (Å²) in [7, 11) is 0. The molecule has 21 heavy (non-hydrogen) atoms. The molecular formula is C15H13Cl2NO3. The summed E-state index contributed by atoms with van der Waals surface area (Å²) in [6.45, 7) is 0. The van der Waals surface area contributed by atoms with Crippen LogP contribution in [0.15, 0.2) is 30.4 Å². The average molecular weight is 326 g/mol. The van der Waals surface area contributed by atoms with Crippen molar-refractivity contribution in [3.8, 4) is 0 Å². The first-order chi connectivity index (χ1) is 9.97. The molecule has 1 saturated carbocycles. The minimum atomic E-state index is -0.927. The Kier molecular flexibility index (Phi) is 3.68. The smallest absolute Gasteiger partial charge is 0.307 e. The van der Waals surface area contributed by atoms with Gasteiger partial charge in [0, 0.05) is 5.02 Å². The van der Waals surface area contributed by atoms with E-state index in [1.54, 1.807) is 18.2 Å². The van der Waals surface area contributed by atoms with Gasteiger partial charge in [-0.2, -0.15) is 0 Å². The van der Waals surface area contributed by atoms with Crippen molar-refractivity contribution in [2.45, 2.75) is 6.42 Å². The summed E-state index contributed by atoms with van der Waals surface area (Å²) >= 11 is 11.9. The first-order valence-electron chi connectivity index (χ1n) is 6.64. The number of amides is 1. The van der Waals surface area contributed by atoms with E-state index in [-0.39, 0.29) is 17.7 Å². The van der Waals surface area contributed by atoms with Crippen molar-refractivity contribution < 1.29 is 14.7 Å². The van der Waals surface area contributed by atoms with Crippen molar-refractivity contribution in [1.29, 1.82) is 0 Å². The number of aliphatic carboxylic acids is 1. The van der Waals surface area contributed by atoms with Gasteiger partial charge < -0.3 is 10.4 Å². The van der Waals surface area contributed by atoms with Gasteiger partial charge in [-0.05, 0) is 36.5 Å². The van der Waals surface area contributed by atoms with Gasteiger partial charge in [-0.1, -0.05) is 35.4 Å². The summed E-state index contributed by atoms with van der Waals surface area (Å²) in [4.78, 5) is 23.9. The molecule has 0 saturated heterocycles. The summed E-state index contributed by atoms with van der Waals surface area (Å²) in [5, 5.41) is 12.9. The van der Waals surface area contributed by atoms with E-state index in [9.17, 15) is 14.7 Å². The molecule has 2 aliphatic carbocycles. The number of hydrogen-bond acceptors (Lipinski definition) is 2. The molecule has 1 fully saturated rings. The first kappa shape index (κ1) is 14.4. The van der Waals surface area contributed by atoms with Crippen LogP contribution in [0.2, 0.25) is 10.0 Å². The standard InChI is InChI=1S/C15H13Cl2NO3/c16-9-3-4-10(17)11(6-9)18-14(19)12-7-1-2-8(5-7)13(12)15(20)21/h1-4,6-8,12-13H,5H2,(H,18,19)(H,20,21)/t7-,8-,12+,13+/m0/s1. The fourth-order valence-electron chi connectivity index (χ4n) is 3.33. The Morgan fingerprint density at radius 3 is 2.48 bits per heavy atom. The Hall–Kier alpha value is -1.52. The van der Waals surface area contributed by atoms with Gasteiger partial charge in [0.05, 0.1) is 22.5 Å². The predicted molar refractivity (Wildman–Crippen MR) is 80.4 cm³/mol. The second-order valence-electron chi connectivity index (χ2n) is 5.45. The van der Waals surface area contributed by atoms with E-state index in [4.69, 9.17) is 23.2 Å². The second kappa shape index (κ2) is 5.35. The molecule has 1 amide bonds. The number of allylic oxidation sites excluding steroid dienone is 2. The van der Waals surface area contributed by atoms with Crippen molar-refractivity contribution in [2.75, 3.05) is 5.32 Å². The second-order valence-corrected chi connectivity index (χ2v) is 6.30. The first-order valence-corrected chi connectivity index (χ1v) is 7.40. The fraction of sp³-hybridized carbons (Fsp3) is 0.333. The molecule has 3 rings (SSSR count). The third-order valence-corrected chi connectivity index (χ3v) is 4.80. The SMILES string of the molecule is O=C(O)[C@H]1[C@H](C(=O)Nc2cc(Cl)ccc2Cl)[C@H]2C=C[C@H]1C2. The average Bonchev–Trinajstić information content (AvgIpc) is 3.03. The molecule has 2 bridgehead atoms. The summed E-state index contributed by atoms with van der Waals surface area (Å²) in [5.41, 5.74) is 0.407. The molecule has 1 aromatic rings. The summed E-state index contributed by atoms with van der Waals surface area (Å²) in [6, 6.07) is 4.77. The maximum absolute atomic E-state index is 12.5. The highest BCUT2D eigenvalue weighted by atomic mass is 35.5. The van der Waals surface area contributed by atoms with Gasteiger partial charge in [0.15, 0.2) is 0 Å². The number of fused-ring (bicyclic) bond motifs is 2. The minimum Gasteiger partial charge on any atom is -0.481 e. The van der Waals surface area contributed by atoms with Crippen LogP contribution in [0.3, 0.4) is 0 Å². The summed E-state index contributed by atoms with van der Waals surface area (Å²) in [5.74, 6) is -2.55. The number of carboxylic acids is 1. The predicted octanol–water partition coefficient (Wildman–Crippen LogP) is 3.45. The molecule has 0 radical (unpaired) electrons. The third-order valence-electron chi connectivity index (χ3n) is 4.23. The Bertz CT molecular complexity index is 644. The summed E-state index contributed by atoms with van der Waals surface area (Å²) in [6.07, 6.45) is 4.56. The van der Waals surface area contributed by atoms with E-state index in [2.05, 4.69) is 5.32 Å². The highest BCUT2D eigenvalue weighted by molar-refractivity contribution is 6.35. The van der Waals surface area contributed by atoms with Crippen LogP contribution in [0, 0.1) is 23.7 Å². The lowest BCUT2D eigenvalue weighted by atomic mass is 9.82. The molecule has 0 unspecified atom stereocenters. The van der Waals surface area contributed by atoms with E-state index < -0.39 is 17.8 Å². The quantitative estimate of drug-likeness (QED) is 0.836. The van der Waals surface area contributed by atoms with E-state index in [0.717, 1.165) is 6.42 Å². The van der Waals surface area contributed by atoms with Gasteiger partial charge in [-0.15, -0.1) is 0 Å². The van der Waals surface area contributed by atoms with Gasteiger partial charge in [0.25, 0.3) is 0 Å². The topological polar surface area (TPSA) is 66.4 Å². The Balaban J connectivity index is 1.83. The molecule has 0 spiro atoms. The van der Waals surface area contributed by atoms with Crippen molar-refractivity contribution in [2.24, 2.45) is 23.7 Å². The fourth-order valence-corrected chi connectivity index (χ4v) is 3.66. The van der Waals surface area contributed by atoms with E-state index in [1.165, 1.54) is 0 Å². The van der Waals surface area contributed by atoms with Crippen LogP contribution in [0.5, 0.6) is 0 Å². The molecule has 0 heterocycles. The zero-order chi connectivity index (χ0) is 15.1. The molecule has 2 N–H and O–H groups in total. The minimum absolute atomic E-state index is 0.0194. The van der Waals surface area contributed by atoms with Gasteiger partial charge in [0.2, 0.25) is 5.91 Å². The molecule has 0 aliphatic heterocycles. The normalized spacial score (nSPS) is 29.6. The largest absolute Gasteiger partial charge is 0.481 e. The molecule has 2 aliphatic rings. The Morgan fingerprint density at radius 1 is 1.14 bits per heavy atom. The van der Waals surface area contributed by atoms with E-state index in [0.29, 0.717) is 15.7 Å². The van der Waals surface area contributed by atoms with Crippen LogP contribution in [0.1, 0.15) is 6.42 Å². The molecular weight excluding hydrogens is 313 g/mol. The zero-order valence-corrected chi connectivity index (χ0v) is 12.4. The van der Waals surface area contributed by atoms with Crippen LogP contribution in [-0.4, -0.2) is 17.0 Å². The molecule has 6 heteroatoms. The van der Waals surface area contributed by atoms with Gasteiger partial charge in [0.1, 0.15) is 0 Å². The summed E-state index contributed by atoms with van der Waals surface area (Å²) < 4.78 is 0. The highest BCUT2D eigenvalue weighted by Gasteiger charge is 2.51. The monoisotopic (exact) mass is 325 g/mol. The molecule has 110 valence electrons. The van der Waals surface area contributed by atoms with Crippen LogP contribution < -0.4 is 5.32 Å². The zero-order valence-electron chi connectivity index (χ0n) is 10.9. The number of carbonyl (C=O) groups excluding carboxylic acids is 1. The van der Waals surface area contributed by atoms with Crippen LogP contribution >= 0.6 is 23.2 Å². The lowest BCUT2D eigenvalue weighted by Gasteiger charge is -2.24.